The highest BCUT2D eigenvalue weighted by Gasteiger charge is 2.15. The van der Waals surface area contributed by atoms with Gasteiger partial charge in [0.15, 0.2) is 0 Å². The molecular formula is C16H18BrN3O3S. The molecule has 24 heavy (non-hydrogen) atoms. The minimum absolute atomic E-state index is 0.132. The first-order chi connectivity index (χ1) is 11.3. The van der Waals surface area contributed by atoms with Crippen LogP contribution < -0.4 is 16.6 Å². The van der Waals surface area contributed by atoms with E-state index in [4.69, 9.17) is 0 Å². The number of anilines is 1. The zero-order valence-electron chi connectivity index (χ0n) is 13.6. The normalized spacial score (nSPS) is 12.0. The van der Waals surface area contributed by atoms with Crippen LogP contribution in [0.25, 0.3) is 0 Å². The molecule has 0 radical (unpaired) electrons. The number of halogens is 1. The summed E-state index contributed by atoms with van der Waals surface area (Å²) in [5.41, 5.74) is 0.585. The summed E-state index contributed by atoms with van der Waals surface area (Å²) >= 11 is 4.72. The molecule has 1 atom stereocenters. The summed E-state index contributed by atoms with van der Waals surface area (Å²) < 4.78 is 3.36. The Bertz CT molecular complexity index is 876. The third kappa shape index (κ3) is 4.39. The van der Waals surface area contributed by atoms with Crippen molar-refractivity contribution in [3.8, 4) is 0 Å². The van der Waals surface area contributed by atoms with Crippen LogP contribution in [0, 0.1) is 0 Å². The highest BCUT2D eigenvalue weighted by Crippen LogP contribution is 2.20. The average molecular weight is 412 g/mol. The highest BCUT2D eigenvalue weighted by molar-refractivity contribution is 9.10. The molecule has 2 rings (SSSR count). The molecule has 6 nitrogen and oxygen atoms in total. The fourth-order valence-electron chi connectivity index (χ4n) is 2.01. The maximum absolute atomic E-state index is 12.2. The molecule has 0 aliphatic carbocycles. The molecule has 1 amide bonds. The maximum Gasteiger partial charge on any atom is 0.330 e. The fourth-order valence-corrected chi connectivity index (χ4v) is 3.32. The number of carbonyl (C=O) groups is 1. The van der Waals surface area contributed by atoms with Crippen molar-refractivity contribution < 1.29 is 4.79 Å². The molecule has 1 heterocycles. The minimum Gasteiger partial charge on any atom is -0.325 e. The van der Waals surface area contributed by atoms with Crippen molar-refractivity contribution >= 4 is 39.3 Å². The molecule has 8 heteroatoms. The minimum atomic E-state index is -0.371. The van der Waals surface area contributed by atoms with Crippen LogP contribution in [-0.4, -0.2) is 20.3 Å². The molecule has 0 spiro atoms. The van der Waals surface area contributed by atoms with Crippen molar-refractivity contribution in [2.75, 3.05) is 5.32 Å². The molecule has 0 saturated carbocycles. The van der Waals surface area contributed by atoms with Crippen LogP contribution in [0.3, 0.4) is 0 Å². The Kier molecular flexibility index (Phi) is 6.06. The summed E-state index contributed by atoms with van der Waals surface area (Å²) in [5, 5.41) is 2.51. The van der Waals surface area contributed by atoms with Gasteiger partial charge < -0.3 is 5.32 Å². The molecule has 1 unspecified atom stereocenters. The summed E-state index contributed by atoms with van der Waals surface area (Å²) in [7, 11) is 3.06. The number of hydrogen-bond acceptors (Lipinski definition) is 4. The number of benzene rings is 1. The van der Waals surface area contributed by atoms with E-state index in [1.54, 1.807) is 14.0 Å². The third-order valence-electron chi connectivity index (χ3n) is 3.57. The van der Waals surface area contributed by atoms with E-state index in [1.165, 1.54) is 29.4 Å². The van der Waals surface area contributed by atoms with Crippen molar-refractivity contribution in [1.29, 1.82) is 0 Å². The van der Waals surface area contributed by atoms with Crippen LogP contribution >= 0.6 is 27.7 Å². The zero-order valence-corrected chi connectivity index (χ0v) is 16.0. The van der Waals surface area contributed by atoms with Gasteiger partial charge in [0, 0.05) is 41.8 Å². The first-order valence-electron chi connectivity index (χ1n) is 7.23. The topological polar surface area (TPSA) is 73.1 Å². The smallest absolute Gasteiger partial charge is 0.325 e. The lowest BCUT2D eigenvalue weighted by molar-refractivity contribution is -0.115. The molecule has 0 saturated heterocycles. The fraction of sp³-hybridized carbons (Fsp3) is 0.312. The Morgan fingerprint density at radius 3 is 2.62 bits per heavy atom. The summed E-state index contributed by atoms with van der Waals surface area (Å²) in [6.07, 6.45) is 0. The number of nitrogens with zero attached hydrogens (tertiary/aromatic N) is 2. The quantitative estimate of drug-likeness (QED) is 0.817. The molecule has 0 aliphatic rings. The second-order valence-corrected chi connectivity index (χ2v) is 7.57. The summed E-state index contributed by atoms with van der Waals surface area (Å²) in [6.45, 7) is 1.79. The Labute approximate surface area is 152 Å². The van der Waals surface area contributed by atoms with Crippen LogP contribution in [-0.2, 0) is 24.6 Å². The first-order valence-corrected chi connectivity index (χ1v) is 9.07. The van der Waals surface area contributed by atoms with E-state index in [0.29, 0.717) is 17.1 Å². The first kappa shape index (κ1) is 18.5. The summed E-state index contributed by atoms with van der Waals surface area (Å²) in [6, 6.07) is 8.77. The molecule has 0 bridgehead atoms. The van der Waals surface area contributed by atoms with Gasteiger partial charge in [-0.05, 0) is 25.1 Å². The predicted molar refractivity (Wildman–Crippen MR) is 100 cm³/mol. The molecule has 1 N–H and O–H groups in total. The number of amides is 1. The van der Waals surface area contributed by atoms with Gasteiger partial charge in [-0.1, -0.05) is 22.0 Å². The SMILES string of the molecule is CC(SCc1cc(=O)n(C)c(=O)n1C)C(=O)Nc1cccc(Br)c1. The van der Waals surface area contributed by atoms with Gasteiger partial charge >= 0.3 is 5.69 Å². The van der Waals surface area contributed by atoms with Crippen LogP contribution in [0.4, 0.5) is 5.69 Å². The van der Waals surface area contributed by atoms with E-state index in [0.717, 1.165) is 9.04 Å². The molecule has 2 aromatic rings. The van der Waals surface area contributed by atoms with Crippen molar-refractivity contribution in [2.24, 2.45) is 14.1 Å². The van der Waals surface area contributed by atoms with E-state index >= 15 is 0 Å². The predicted octanol–water partition coefficient (Wildman–Crippen LogP) is 2.11. The lowest BCUT2D eigenvalue weighted by Crippen LogP contribution is -2.38. The van der Waals surface area contributed by atoms with Gasteiger partial charge in [0.2, 0.25) is 5.91 Å². The monoisotopic (exact) mass is 411 g/mol. The molecule has 0 fully saturated rings. The molecule has 0 aliphatic heterocycles. The number of nitrogens with one attached hydrogen (secondary N) is 1. The number of aromatic nitrogens is 2. The third-order valence-corrected chi connectivity index (χ3v) is 5.24. The summed E-state index contributed by atoms with van der Waals surface area (Å²) in [4.78, 5) is 35.9. The molecule has 1 aromatic carbocycles. The van der Waals surface area contributed by atoms with Crippen molar-refractivity contribution in [3.63, 3.8) is 0 Å². The van der Waals surface area contributed by atoms with E-state index in [9.17, 15) is 14.4 Å². The van der Waals surface area contributed by atoms with Gasteiger partial charge in [-0.25, -0.2) is 4.79 Å². The van der Waals surface area contributed by atoms with Crippen molar-refractivity contribution in [2.45, 2.75) is 17.9 Å². The van der Waals surface area contributed by atoms with Crippen LogP contribution in [0.15, 0.2) is 44.4 Å². The van der Waals surface area contributed by atoms with E-state index in [2.05, 4.69) is 21.2 Å². The second-order valence-electron chi connectivity index (χ2n) is 5.33. The zero-order chi connectivity index (χ0) is 17.9. The molecular weight excluding hydrogens is 394 g/mol. The van der Waals surface area contributed by atoms with Gasteiger partial charge in [0.25, 0.3) is 5.56 Å². The van der Waals surface area contributed by atoms with Gasteiger partial charge in [-0.3, -0.25) is 18.7 Å². The van der Waals surface area contributed by atoms with E-state index in [-0.39, 0.29) is 22.4 Å². The van der Waals surface area contributed by atoms with Gasteiger partial charge in [-0.2, -0.15) is 0 Å². The van der Waals surface area contributed by atoms with Crippen LogP contribution in [0.1, 0.15) is 12.6 Å². The van der Waals surface area contributed by atoms with Gasteiger partial charge in [0.1, 0.15) is 0 Å². The second kappa shape index (κ2) is 7.85. The van der Waals surface area contributed by atoms with Gasteiger partial charge in [-0.15, -0.1) is 11.8 Å². The Morgan fingerprint density at radius 1 is 1.25 bits per heavy atom. The van der Waals surface area contributed by atoms with Crippen LogP contribution in [0.5, 0.6) is 0 Å². The Morgan fingerprint density at radius 2 is 1.96 bits per heavy atom. The van der Waals surface area contributed by atoms with Crippen LogP contribution in [0.2, 0.25) is 0 Å². The lowest BCUT2D eigenvalue weighted by atomic mass is 10.3. The maximum atomic E-state index is 12.2. The van der Waals surface area contributed by atoms with Gasteiger partial charge in [0.05, 0.1) is 5.25 Å². The average Bonchev–Trinajstić information content (AvgIpc) is 2.54. The number of hydrogen-bond donors (Lipinski definition) is 1. The molecule has 128 valence electrons. The van der Waals surface area contributed by atoms with E-state index < -0.39 is 0 Å². The number of thioether (sulfide) groups is 1. The molecule has 1 aromatic heterocycles. The largest absolute Gasteiger partial charge is 0.330 e. The summed E-state index contributed by atoms with van der Waals surface area (Å²) in [5.74, 6) is 0.265. The van der Waals surface area contributed by atoms with E-state index in [1.807, 2.05) is 24.3 Å². The Balaban J connectivity index is 2.03. The highest BCUT2D eigenvalue weighted by atomic mass is 79.9. The standard InChI is InChI=1S/C16H18BrN3O3S/c1-10(15(22)18-12-6-4-5-11(17)7-12)24-9-13-8-14(21)20(3)16(23)19(13)2/h4-8,10H,9H2,1-3H3,(H,18,22). The number of carbonyl (C=O) groups excluding carboxylic acids is 1. The van der Waals surface area contributed by atoms with Crippen molar-refractivity contribution in [1.82, 2.24) is 9.13 Å². The number of rotatable bonds is 5. The van der Waals surface area contributed by atoms with Crippen molar-refractivity contribution in [3.05, 3.63) is 61.3 Å². The lowest BCUT2D eigenvalue weighted by Gasteiger charge is -2.14. The Hall–Kier alpha value is -1.80.